The summed E-state index contributed by atoms with van der Waals surface area (Å²) in [6.45, 7) is 13.2. The highest BCUT2D eigenvalue weighted by molar-refractivity contribution is 6.74. The van der Waals surface area contributed by atoms with Crippen LogP contribution < -0.4 is 4.43 Å². The van der Waals surface area contributed by atoms with Crippen LogP contribution in [0.3, 0.4) is 0 Å². The zero-order valence-corrected chi connectivity index (χ0v) is 12.8. The van der Waals surface area contributed by atoms with Crippen LogP contribution in [0.5, 0.6) is 5.75 Å². The van der Waals surface area contributed by atoms with E-state index in [1.807, 2.05) is 25.1 Å². The van der Waals surface area contributed by atoms with Crippen LogP contribution in [0, 0.1) is 6.92 Å². The Hall–Kier alpha value is -0.473. The Morgan fingerprint density at radius 3 is 2.19 bits per heavy atom. The van der Waals surface area contributed by atoms with Crippen molar-refractivity contribution < 1.29 is 4.43 Å². The van der Waals surface area contributed by atoms with E-state index in [4.69, 9.17) is 16.0 Å². The van der Waals surface area contributed by atoms with Crippen LogP contribution in [0.4, 0.5) is 0 Å². The van der Waals surface area contributed by atoms with Gasteiger partial charge in [0.15, 0.2) is 0 Å². The molecule has 0 N–H and O–H groups in total. The molecule has 0 saturated carbocycles. The van der Waals surface area contributed by atoms with E-state index >= 15 is 0 Å². The van der Waals surface area contributed by atoms with Gasteiger partial charge in [0.05, 0.1) is 0 Å². The van der Waals surface area contributed by atoms with Crippen LogP contribution in [-0.4, -0.2) is 8.32 Å². The summed E-state index contributed by atoms with van der Waals surface area (Å²) in [5.41, 5.74) is 1.09. The highest BCUT2D eigenvalue weighted by Gasteiger charge is 2.38. The lowest BCUT2D eigenvalue weighted by molar-refractivity contribution is 0.492. The lowest BCUT2D eigenvalue weighted by atomic mass is 10.2. The van der Waals surface area contributed by atoms with Crippen LogP contribution in [0.25, 0.3) is 0 Å². The third kappa shape index (κ3) is 3.02. The number of halogens is 1. The van der Waals surface area contributed by atoms with E-state index in [1.54, 1.807) is 0 Å². The van der Waals surface area contributed by atoms with Gasteiger partial charge in [0.1, 0.15) is 5.75 Å². The summed E-state index contributed by atoms with van der Waals surface area (Å²) in [6, 6.07) is 5.92. The van der Waals surface area contributed by atoms with Crippen molar-refractivity contribution in [1.29, 1.82) is 0 Å². The lowest BCUT2D eigenvalue weighted by Crippen LogP contribution is -2.43. The van der Waals surface area contributed by atoms with Gasteiger partial charge >= 0.3 is 0 Å². The first-order chi connectivity index (χ1) is 7.13. The Bertz CT molecular complexity index is 380. The average molecular weight is 257 g/mol. The predicted molar refractivity (Wildman–Crippen MR) is 74.0 cm³/mol. The summed E-state index contributed by atoms with van der Waals surface area (Å²) in [5, 5.41) is 0.987. The summed E-state index contributed by atoms with van der Waals surface area (Å²) in [7, 11) is -1.74. The first-order valence-electron chi connectivity index (χ1n) is 5.59. The molecule has 0 aliphatic rings. The van der Waals surface area contributed by atoms with Crippen molar-refractivity contribution in [1.82, 2.24) is 0 Å². The maximum absolute atomic E-state index is 6.16. The van der Waals surface area contributed by atoms with E-state index in [2.05, 4.69) is 33.9 Å². The fraction of sp³-hybridized carbons (Fsp3) is 0.538. The Morgan fingerprint density at radius 2 is 1.75 bits per heavy atom. The molecule has 0 spiro atoms. The monoisotopic (exact) mass is 256 g/mol. The second-order valence-corrected chi connectivity index (χ2v) is 10.9. The molecule has 1 aromatic rings. The van der Waals surface area contributed by atoms with Crippen molar-refractivity contribution in [2.75, 3.05) is 0 Å². The Balaban J connectivity index is 2.93. The molecule has 0 saturated heterocycles. The lowest BCUT2D eigenvalue weighted by Gasteiger charge is -2.36. The second-order valence-electron chi connectivity index (χ2n) is 5.77. The van der Waals surface area contributed by atoms with Crippen LogP contribution in [0.2, 0.25) is 23.2 Å². The quantitative estimate of drug-likeness (QED) is 0.674. The Kier molecular flexibility index (Phi) is 3.75. The third-order valence-electron chi connectivity index (χ3n) is 3.32. The number of benzene rings is 1. The van der Waals surface area contributed by atoms with Crippen molar-refractivity contribution in [2.45, 2.75) is 45.8 Å². The average Bonchev–Trinajstić information content (AvgIpc) is 2.09. The van der Waals surface area contributed by atoms with E-state index in [-0.39, 0.29) is 5.04 Å². The van der Waals surface area contributed by atoms with E-state index in [1.165, 1.54) is 0 Å². The van der Waals surface area contributed by atoms with Gasteiger partial charge in [-0.05, 0) is 42.8 Å². The predicted octanol–water partition coefficient (Wildman–Crippen LogP) is 5.03. The smallest absolute Gasteiger partial charge is 0.250 e. The van der Waals surface area contributed by atoms with E-state index < -0.39 is 8.32 Å². The van der Waals surface area contributed by atoms with Crippen molar-refractivity contribution in [2.24, 2.45) is 0 Å². The molecule has 0 atom stereocenters. The van der Waals surface area contributed by atoms with Crippen LogP contribution in [-0.2, 0) is 0 Å². The molecule has 0 aromatic heterocycles. The normalized spacial score (nSPS) is 12.7. The molecule has 16 heavy (non-hydrogen) atoms. The minimum atomic E-state index is -1.74. The number of aryl methyl sites for hydroxylation is 1. The van der Waals surface area contributed by atoms with Crippen molar-refractivity contribution >= 4 is 19.9 Å². The molecule has 90 valence electrons. The largest absolute Gasteiger partial charge is 0.543 e. The molecule has 0 radical (unpaired) electrons. The molecule has 0 aliphatic carbocycles. The summed E-state index contributed by atoms with van der Waals surface area (Å²) in [4.78, 5) is 0. The van der Waals surface area contributed by atoms with Crippen molar-refractivity contribution in [3.63, 3.8) is 0 Å². The standard InChI is InChI=1S/C13H21ClOSi/c1-10-7-8-11(9-12(10)14)15-16(5,6)13(2,3)4/h7-9H,1-6H3. The van der Waals surface area contributed by atoms with Gasteiger partial charge in [0.2, 0.25) is 8.32 Å². The molecule has 1 rings (SSSR count). The van der Waals surface area contributed by atoms with E-state index in [0.717, 1.165) is 16.3 Å². The summed E-state index contributed by atoms with van der Waals surface area (Å²) < 4.78 is 6.16. The Morgan fingerprint density at radius 1 is 1.19 bits per heavy atom. The summed E-state index contributed by atoms with van der Waals surface area (Å²) >= 11 is 6.09. The topological polar surface area (TPSA) is 9.23 Å². The van der Waals surface area contributed by atoms with Gasteiger partial charge in [-0.15, -0.1) is 0 Å². The minimum absolute atomic E-state index is 0.213. The SMILES string of the molecule is Cc1ccc(O[Si](C)(C)C(C)(C)C)cc1Cl. The first-order valence-corrected chi connectivity index (χ1v) is 8.87. The van der Waals surface area contributed by atoms with Gasteiger partial charge in [-0.2, -0.15) is 0 Å². The summed E-state index contributed by atoms with van der Waals surface area (Å²) in [5.74, 6) is 0.891. The third-order valence-corrected chi connectivity index (χ3v) is 8.09. The molecule has 0 heterocycles. The molecule has 1 nitrogen and oxygen atoms in total. The maximum atomic E-state index is 6.16. The van der Waals surface area contributed by atoms with Crippen molar-refractivity contribution in [3.8, 4) is 5.75 Å². The van der Waals surface area contributed by atoms with Gasteiger partial charge in [0.25, 0.3) is 0 Å². The number of hydrogen-bond donors (Lipinski definition) is 0. The summed E-state index contributed by atoms with van der Waals surface area (Å²) in [6.07, 6.45) is 0. The fourth-order valence-corrected chi connectivity index (χ4v) is 2.28. The molecular weight excluding hydrogens is 236 g/mol. The zero-order chi connectivity index (χ0) is 12.6. The van der Waals surface area contributed by atoms with Gasteiger partial charge in [0, 0.05) is 5.02 Å². The Labute approximate surface area is 105 Å². The van der Waals surface area contributed by atoms with E-state index in [9.17, 15) is 0 Å². The number of hydrogen-bond acceptors (Lipinski definition) is 1. The van der Waals surface area contributed by atoms with Gasteiger partial charge in [-0.25, -0.2) is 0 Å². The fourth-order valence-electron chi connectivity index (χ4n) is 1.08. The van der Waals surface area contributed by atoms with Crippen LogP contribution in [0.15, 0.2) is 18.2 Å². The van der Waals surface area contributed by atoms with Crippen LogP contribution in [0.1, 0.15) is 26.3 Å². The second kappa shape index (κ2) is 4.42. The van der Waals surface area contributed by atoms with Gasteiger partial charge in [-0.3, -0.25) is 0 Å². The molecular formula is C13H21ClOSi. The molecule has 0 fully saturated rings. The minimum Gasteiger partial charge on any atom is -0.543 e. The molecule has 0 unspecified atom stereocenters. The number of rotatable bonds is 2. The molecule has 1 aromatic carbocycles. The highest BCUT2D eigenvalue weighted by Crippen LogP contribution is 2.37. The molecule has 0 bridgehead atoms. The molecule has 0 amide bonds. The zero-order valence-electron chi connectivity index (χ0n) is 11.0. The first kappa shape index (κ1) is 13.6. The molecule has 0 aliphatic heterocycles. The van der Waals surface area contributed by atoms with Crippen LogP contribution >= 0.6 is 11.6 Å². The van der Waals surface area contributed by atoms with Gasteiger partial charge < -0.3 is 4.43 Å². The van der Waals surface area contributed by atoms with Crippen molar-refractivity contribution in [3.05, 3.63) is 28.8 Å². The molecule has 3 heteroatoms. The van der Waals surface area contributed by atoms with E-state index in [0.29, 0.717) is 0 Å². The highest BCUT2D eigenvalue weighted by atomic mass is 35.5. The maximum Gasteiger partial charge on any atom is 0.250 e. The van der Waals surface area contributed by atoms with Gasteiger partial charge in [-0.1, -0.05) is 38.4 Å².